The highest BCUT2D eigenvalue weighted by molar-refractivity contribution is 6.00. The Hall–Kier alpha value is -2.04. The Labute approximate surface area is 118 Å². The maximum atomic E-state index is 12.5. The molecule has 2 aliphatic rings. The van der Waals surface area contributed by atoms with E-state index in [0.29, 0.717) is 17.4 Å². The van der Waals surface area contributed by atoms with Crippen LogP contribution in [-0.2, 0) is 4.79 Å². The summed E-state index contributed by atoms with van der Waals surface area (Å²) < 4.78 is 0. The van der Waals surface area contributed by atoms with Gasteiger partial charge in [0.2, 0.25) is 5.91 Å². The molecule has 5 nitrogen and oxygen atoms in total. The number of amidine groups is 1. The van der Waals surface area contributed by atoms with Gasteiger partial charge in [0.1, 0.15) is 0 Å². The first-order chi connectivity index (χ1) is 9.63. The Kier molecular flexibility index (Phi) is 3.12. The normalized spacial score (nSPS) is 28.1. The summed E-state index contributed by atoms with van der Waals surface area (Å²) in [5.41, 5.74) is 6.98. The number of anilines is 1. The Balaban J connectivity index is 1.77. The average Bonchev–Trinajstić information content (AvgIpc) is 2.97. The van der Waals surface area contributed by atoms with E-state index in [1.165, 1.54) is 19.3 Å². The lowest BCUT2D eigenvalue weighted by molar-refractivity contribution is -0.120. The molecule has 0 aromatic heterocycles. The molecule has 1 aromatic carbocycles. The molecule has 106 valence electrons. The van der Waals surface area contributed by atoms with Crippen LogP contribution in [0.25, 0.3) is 0 Å². The number of carbonyl (C=O) groups excluding carboxylic acids is 1. The molecule has 3 N–H and O–H groups in total. The van der Waals surface area contributed by atoms with Crippen molar-refractivity contribution < 1.29 is 10.0 Å². The molecule has 0 saturated heterocycles. The van der Waals surface area contributed by atoms with Gasteiger partial charge in [-0.1, -0.05) is 23.7 Å². The van der Waals surface area contributed by atoms with Crippen molar-refractivity contribution >= 4 is 17.4 Å². The number of nitrogens with two attached hydrogens (primary N) is 1. The van der Waals surface area contributed by atoms with Crippen LogP contribution in [0, 0.1) is 17.8 Å². The van der Waals surface area contributed by atoms with Gasteiger partial charge in [0, 0.05) is 24.2 Å². The minimum absolute atomic E-state index is 0.0518. The van der Waals surface area contributed by atoms with E-state index in [4.69, 9.17) is 10.9 Å². The Morgan fingerprint density at radius 3 is 2.75 bits per heavy atom. The summed E-state index contributed by atoms with van der Waals surface area (Å²) in [7, 11) is 1.79. The number of rotatable bonds is 3. The van der Waals surface area contributed by atoms with Crippen LogP contribution < -0.4 is 10.6 Å². The van der Waals surface area contributed by atoms with Crippen molar-refractivity contribution in [2.75, 3.05) is 11.9 Å². The number of benzene rings is 1. The molecule has 2 unspecified atom stereocenters. The molecule has 5 heteroatoms. The molecule has 2 saturated carbocycles. The maximum absolute atomic E-state index is 12.5. The van der Waals surface area contributed by atoms with E-state index in [2.05, 4.69) is 5.16 Å². The van der Waals surface area contributed by atoms with Crippen LogP contribution in [-0.4, -0.2) is 24.0 Å². The van der Waals surface area contributed by atoms with Gasteiger partial charge in [0.05, 0.1) is 0 Å². The standard InChI is InChI=1S/C15H19N3O2/c1-18(15(19)13-11-6-3-7-12(11)13)10-5-2-4-9(8-10)14(16)17-20/h2,4-5,8,11-13,20H,3,6-7H2,1H3,(H2,16,17). The van der Waals surface area contributed by atoms with Crippen molar-refractivity contribution in [2.45, 2.75) is 19.3 Å². The molecule has 3 rings (SSSR count). The second kappa shape index (κ2) is 4.81. The number of hydrogen-bond acceptors (Lipinski definition) is 3. The molecule has 0 radical (unpaired) electrons. The molecule has 0 aliphatic heterocycles. The third kappa shape index (κ3) is 2.03. The van der Waals surface area contributed by atoms with E-state index in [-0.39, 0.29) is 17.7 Å². The van der Waals surface area contributed by atoms with Crippen LogP contribution >= 0.6 is 0 Å². The molecule has 1 aromatic rings. The maximum Gasteiger partial charge on any atom is 0.230 e. The van der Waals surface area contributed by atoms with Gasteiger partial charge < -0.3 is 15.8 Å². The quantitative estimate of drug-likeness (QED) is 0.381. The van der Waals surface area contributed by atoms with Gasteiger partial charge in [-0.15, -0.1) is 0 Å². The fraction of sp³-hybridized carbons (Fsp3) is 0.467. The monoisotopic (exact) mass is 273 g/mol. The summed E-state index contributed by atoms with van der Waals surface area (Å²) in [4.78, 5) is 14.2. The predicted octanol–water partition coefficient (Wildman–Crippen LogP) is 1.79. The lowest BCUT2D eigenvalue weighted by Crippen LogP contribution is -2.29. The minimum atomic E-state index is 0.0518. The summed E-state index contributed by atoms with van der Waals surface area (Å²) in [5, 5.41) is 11.7. The number of fused-ring (bicyclic) bond motifs is 1. The molecule has 2 aliphatic carbocycles. The number of nitrogens with zero attached hydrogens (tertiary/aromatic N) is 2. The van der Waals surface area contributed by atoms with Crippen LogP contribution in [0.15, 0.2) is 29.4 Å². The van der Waals surface area contributed by atoms with Gasteiger partial charge in [0.25, 0.3) is 0 Å². The SMILES string of the molecule is CN(C(=O)C1C2CCCC21)c1cccc(/C(N)=N/O)c1. The van der Waals surface area contributed by atoms with E-state index in [0.717, 1.165) is 5.69 Å². The zero-order chi connectivity index (χ0) is 14.3. The molecule has 0 spiro atoms. The fourth-order valence-electron chi connectivity index (χ4n) is 3.47. The predicted molar refractivity (Wildman–Crippen MR) is 76.7 cm³/mol. The Morgan fingerprint density at radius 1 is 1.40 bits per heavy atom. The third-order valence-corrected chi connectivity index (χ3v) is 4.66. The van der Waals surface area contributed by atoms with Gasteiger partial charge in [-0.25, -0.2) is 0 Å². The van der Waals surface area contributed by atoms with Gasteiger partial charge in [-0.05, 0) is 36.8 Å². The summed E-state index contributed by atoms with van der Waals surface area (Å²) in [6, 6.07) is 7.19. The van der Waals surface area contributed by atoms with Crippen molar-refractivity contribution in [1.82, 2.24) is 0 Å². The zero-order valence-corrected chi connectivity index (χ0v) is 11.5. The number of oxime groups is 1. The Bertz CT molecular complexity index is 560. The number of hydrogen-bond donors (Lipinski definition) is 2. The second-order valence-corrected chi connectivity index (χ2v) is 5.72. The lowest BCUT2D eigenvalue weighted by atomic mass is 10.1. The fourth-order valence-corrected chi connectivity index (χ4v) is 3.47. The van der Waals surface area contributed by atoms with Gasteiger partial charge in [0.15, 0.2) is 5.84 Å². The van der Waals surface area contributed by atoms with E-state index in [9.17, 15) is 4.79 Å². The van der Waals surface area contributed by atoms with Crippen LogP contribution in [0.5, 0.6) is 0 Å². The van der Waals surface area contributed by atoms with Crippen LogP contribution in [0.1, 0.15) is 24.8 Å². The lowest BCUT2D eigenvalue weighted by Gasteiger charge is -2.19. The first kappa shape index (κ1) is 13.0. The van der Waals surface area contributed by atoms with Gasteiger partial charge >= 0.3 is 0 Å². The number of amides is 1. The van der Waals surface area contributed by atoms with Crippen molar-refractivity contribution in [2.24, 2.45) is 28.6 Å². The first-order valence-electron chi connectivity index (χ1n) is 6.99. The van der Waals surface area contributed by atoms with Crippen molar-refractivity contribution in [1.29, 1.82) is 0 Å². The van der Waals surface area contributed by atoms with Gasteiger partial charge in [-0.2, -0.15) is 0 Å². The summed E-state index contributed by atoms with van der Waals surface area (Å²) in [6.07, 6.45) is 3.65. The molecule has 2 fully saturated rings. The summed E-state index contributed by atoms with van der Waals surface area (Å²) >= 11 is 0. The van der Waals surface area contributed by atoms with E-state index in [1.54, 1.807) is 30.1 Å². The molecule has 2 atom stereocenters. The van der Waals surface area contributed by atoms with Crippen LogP contribution in [0.4, 0.5) is 5.69 Å². The van der Waals surface area contributed by atoms with E-state index >= 15 is 0 Å². The zero-order valence-electron chi connectivity index (χ0n) is 11.5. The average molecular weight is 273 g/mol. The topological polar surface area (TPSA) is 78.9 Å². The molecular weight excluding hydrogens is 254 g/mol. The van der Waals surface area contributed by atoms with Gasteiger partial charge in [-0.3, -0.25) is 4.79 Å². The van der Waals surface area contributed by atoms with Crippen LogP contribution in [0.3, 0.4) is 0 Å². The third-order valence-electron chi connectivity index (χ3n) is 4.66. The highest BCUT2D eigenvalue weighted by Gasteiger charge is 2.57. The van der Waals surface area contributed by atoms with Crippen molar-refractivity contribution in [3.05, 3.63) is 29.8 Å². The highest BCUT2D eigenvalue weighted by Crippen LogP contribution is 2.58. The summed E-state index contributed by atoms with van der Waals surface area (Å²) in [6.45, 7) is 0. The minimum Gasteiger partial charge on any atom is -0.409 e. The molecular formula is C15H19N3O2. The summed E-state index contributed by atoms with van der Waals surface area (Å²) in [5.74, 6) is 1.67. The molecule has 20 heavy (non-hydrogen) atoms. The largest absolute Gasteiger partial charge is 0.409 e. The molecule has 1 amide bonds. The number of carbonyl (C=O) groups is 1. The highest BCUT2D eigenvalue weighted by atomic mass is 16.4. The van der Waals surface area contributed by atoms with Crippen LogP contribution in [0.2, 0.25) is 0 Å². The molecule has 0 heterocycles. The first-order valence-corrected chi connectivity index (χ1v) is 6.99. The Morgan fingerprint density at radius 2 is 2.10 bits per heavy atom. The molecule has 0 bridgehead atoms. The smallest absolute Gasteiger partial charge is 0.230 e. The van der Waals surface area contributed by atoms with E-state index in [1.807, 2.05) is 6.07 Å². The van der Waals surface area contributed by atoms with Crippen molar-refractivity contribution in [3.8, 4) is 0 Å². The van der Waals surface area contributed by atoms with E-state index < -0.39 is 0 Å². The second-order valence-electron chi connectivity index (χ2n) is 5.72. The van der Waals surface area contributed by atoms with Crippen molar-refractivity contribution in [3.63, 3.8) is 0 Å².